The van der Waals surface area contributed by atoms with Gasteiger partial charge in [-0.2, -0.15) is 4.98 Å². The SMILES string of the molecule is CCCC(CC(=O)c1cnc(N2C[C@@H](C)N(C)[C@@H](C)C2)o1)Cc1c[nH]c2ccccc12.CCCC(CC(=O)c1cnc(N2C[C@@H](C)N(C)[C@H](C)C2)o1)Cc1c[nH]c2ccccc12.CCCC(CC(=O)c1nc(N2C[C@@H](C)N(C)[C@H](C)C2)n[nH]1)Cc1c[nH]c2ccccc12.CCCC(CC(=O)c1nnc(N2C[C@@H](C)N(C)[C@H](C)C2)s1)Cc1c[nH]c2ccccc12. The Kier molecular flexibility index (Phi) is 31.5. The zero-order chi connectivity index (χ0) is 87.8. The van der Waals surface area contributed by atoms with Gasteiger partial charge in [0.05, 0.1) is 12.4 Å². The summed E-state index contributed by atoms with van der Waals surface area (Å²) in [4.78, 5) is 97.3. The molecule has 5 N–H and O–H groups in total. The van der Waals surface area contributed by atoms with Crippen molar-refractivity contribution in [1.29, 1.82) is 0 Å². The molecule has 4 aromatic carbocycles. The Morgan fingerprint density at radius 3 is 1.02 bits per heavy atom. The van der Waals surface area contributed by atoms with E-state index in [2.05, 4.69) is 303 Å². The molecule has 16 rings (SSSR count). The van der Waals surface area contributed by atoms with Crippen LogP contribution in [0.5, 0.6) is 0 Å². The molecular formula is C98H135N19O6S. The number of anilines is 4. The van der Waals surface area contributed by atoms with Gasteiger partial charge in [-0.25, -0.2) is 9.97 Å². The smallest absolute Gasteiger partial charge is 0.297 e. The molecule has 4 fully saturated rings. The second-order valence-electron chi connectivity index (χ2n) is 36.3. The maximum absolute atomic E-state index is 13.1. The number of ketones is 4. The average molecular weight is 1710 g/mol. The lowest BCUT2D eigenvalue weighted by Crippen LogP contribution is -2.55. The molecule has 4 unspecified atom stereocenters. The summed E-state index contributed by atoms with van der Waals surface area (Å²) in [7, 11) is 8.63. The normalized spacial score (nSPS) is 21.0. The van der Waals surface area contributed by atoms with Crippen LogP contribution in [0.1, 0.15) is 224 Å². The van der Waals surface area contributed by atoms with Crippen molar-refractivity contribution >= 4 is 101 Å². The van der Waals surface area contributed by atoms with Gasteiger partial charge < -0.3 is 48.4 Å². The molecule has 124 heavy (non-hydrogen) atoms. The van der Waals surface area contributed by atoms with Crippen LogP contribution in [-0.4, -0.2) is 227 Å². The van der Waals surface area contributed by atoms with Crippen LogP contribution in [0.3, 0.4) is 0 Å². The van der Waals surface area contributed by atoms with Crippen LogP contribution in [-0.2, 0) is 25.7 Å². The molecule has 0 amide bonds. The molecule has 26 heteroatoms. The van der Waals surface area contributed by atoms with Crippen molar-refractivity contribution in [2.24, 2.45) is 23.7 Å². The van der Waals surface area contributed by atoms with Crippen molar-refractivity contribution in [2.75, 3.05) is 100 Å². The molecule has 0 saturated carbocycles. The van der Waals surface area contributed by atoms with Gasteiger partial charge in [0.15, 0.2) is 45.5 Å². The molecule has 25 nitrogen and oxygen atoms in total. The van der Waals surface area contributed by atoms with Crippen molar-refractivity contribution in [3.63, 3.8) is 0 Å². The van der Waals surface area contributed by atoms with Crippen LogP contribution < -0.4 is 19.6 Å². The second kappa shape index (κ2) is 42.7. The molecule has 0 aliphatic carbocycles. The zero-order valence-electron chi connectivity index (χ0n) is 76.2. The first-order valence-electron chi connectivity index (χ1n) is 45.7. The fraction of sp³-hybridized carbons (Fsp3) is 0.531. The van der Waals surface area contributed by atoms with Crippen molar-refractivity contribution in [3.8, 4) is 0 Å². The van der Waals surface area contributed by atoms with E-state index in [0.29, 0.717) is 120 Å². The van der Waals surface area contributed by atoms with Crippen LogP contribution in [0.15, 0.2) is 143 Å². The summed E-state index contributed by atoms with van der Waals surface area (Å²) in [6.45, 7) is 33.4. The Morgan fingerprint density at radius 2 is 0.694 bits per heavy atom. The van der Waals surface area contributed by atoms with E-state index in [-0.39, 0.29) is 40.9 Å². The summed E-state index contributed by atoms with van der Waals surface area (Å²) in [5, 5.41) is 22.4. The van der Waals surface area contributed by atoms with E-state index in [9.17, 15) is 19.2 Å². The van der Waals surface area contributed by atoms with Gasteiger partial charge in [0.25, 0.3) is 12.0 Å². The summed E-state index contributed by atoms with van der Waals surface area (Å²) >= 11 is 1.45. The van der Waals surface area contributed by atoms with E-state index in [1.807, 2.05) is 24.3 Å². The topological polar surface area (TPSA) is 277 Å². The van der Waals surface area contributed by atoms with Crippen LogP contribution >= 0.6 is 11.3 Å². The number of benzene rings is 4. The predicted octanol–water partition coefficient (Wildman–Crippen LogP) is 18.7. The van der Waals surface area contributed by atoms with Crippen molar-refractivity contribution in [2.45, 2.75) is 234 Å². The summed E-state index contributed by atoms with van der Waals surface area (Å²) in [5.74, 6) is 3.23. The zero-order valence-corrected chi connectivity index (χ0v) is 77.0. The third kappa shape index (κ3) is 22.8. The number of nitrogens with zero attached hydrogens (tertiary/aromatic N) is 14. The first-order valence-corrected chi connectivity index (χ1v) is 46.5. The summed E-state index contributed by atoms with van der Waals surface area (Å²) in [5.41, 5.74) is 9.73. The number of H-pyrrole nitrogens is 5. The monoisotopic (exact) mass is 1710 g/mol. The standard InChI is InChI=1S/2C25H34N4O2.C24H34N6O.C24H33N5OS/c2*1-5-8-19(11-20-13-26-22-10-7-6-9-21(20)22)12-23(30)24-14-27-25(31-24)29-15-17(2)28(4)18(3)16-29;1-5-8-18(11-19-13-25-21-10-7-6-9-20(19)21)12-22(31)23-26-24(28-27-23)30-14-16(2)29(4)17(3)15-30;1-5-8-18(11-19-13-25-21-10-7-6-9-20(19)21)12-22(30)23-26-27-24(31-23)29-14-16(2)28(4)17(3)15-29/h2*6-7,9-10,13-14,17-19,26H,5,8,11-12,15-16H2,1-4H3;6-7,9-10,13,16-18,25H,5,8,11-12,14-15H2,1-4H3,(H,26,27,28);6-7,9-10,13,16-18,25H,5,8,11-12,14-15H2,1-4H3/t17-,18+,19?;17-,18-,19?;2*16-,17-,18?/m.111/s1. The first-order chi connectivity index (χ1) is 59.8. The molecule has 0 spiro atoms. The minimum absolute atomic E-state index is 0.0484. The molecule has 8 aromatic heterocycles. The first kappa shape index (κ1) is 91.6. The van der Waals surface area contributed by atoms with E-state index < -0.39 is 0 Å². The van der Waals surface area contributed by atoms with E-state index in [1.165, 1.54) is 55.1 Å². The van der Waals surface area contributed by atoms with Crippen LogP contribution in [0.4, 0.5) is 23.1 Å². The third-order valence-electron chi connectivity index (χ3n) is 26.9. The maximum atomic E-state index is 13.1. The number of likely N-dealkylation sites (N-methyl/N-ethyl adjacent to an activating group) is 4. The maximum Gasteiger partial charge on any atom is 0.297 e. The Labute approximate surface area is 736 Å². The Balaban J connectivity index is 0.000000142. The number of carbonyl (C=O) groups excluding carboxylic acids is 4. The molecule has 12 heterocycles. The van der Waals surface area contributed by atoms with E-state index in [0.717, 1.165) is 157 Å². The number of aromatic nitrogens is 11. The highest BCUT2D eigenvalue weighted by molar-refractivity contribution is 7.17. The van der Waals surface area contributed by atoms with Crippen molar-refractivity contribution < 1.29 is 28.0 Å². The number of carbonyl (C=O) groups is 4. The molecule has 0 bridgehead atoms. The number of rotatable bonds is 32. The lowest BCUT2D eigenvalue weighted by atomic mass is 9.90. The van der Waals surface area contributed by atoms with Gasteiger partial charge in [0.1, 0.15) is 0 Å². The van der Waals surface area contributed by atoms with E-state index >= 15 is 0 Å². The fourth-order valence-electron chi connectivity index (χ4n) is 18.9. The highest BCUT2D eigenvalue weighted by Gasteiger charge is 2.35. The van der Waals surface area contributed by atoms with Gasteiger partial charge >= 0.3 is 0 Å². The Morgan fingerprint density at radius 1 is 0.395 bits per heavy atom. The van der Waals surface area contributed by atoms with Gasteiger partial charge in [-0.15, -0.1) is 15.3 Å². The molecule has 0 radical (unpaired) electrons. The fourth-order valence-corrected chi connectivity index (χ4v) is 19.7. The Hall–Kier alpha value is -10.1. The van der Waals surface area contributed by atoms with E-state index in [4.69, 9.17) is 8.83 Å². The number of hydrogen-bond acceptors (Lipinski definition) is 21. The van der Waals surface area contributed by atoms with Gasteiger partial charge in [-0.3, -0.25) is 43.9 Å². The number of oxazole rings is 2. The number of aromatic amines is 5. The molecule has 4 aliphatic rings. The molecular weight excluding hydrogens is 1570 g/mol. The summed E-state index contributed by atoms with van der Waals surface area (Å²) < 4.78 is 11.9. The number of Topliss-reactive ketones (excluding diaryl/α,β-unsaturated/α-hetero) is 4. The van der Waals surface area contributed by atoms with Crippen molar-refractivity contribution in [3.05, 3.63) is 179 Å². The lowest BCUT2D eigenvalue weighted by Gasteiger charge is -2.42. The molecule has 4 aliphatic heterocycles. The van der Waals surface area contributed by atoms with Crippen LogP contribution in [0.2, 0.25) is 0 Å². The van der Waals surface area contributed by atoms with Gasteiger partial charge in [0, 0.05) is 195 Å². The Bertz CT molecular complexity index is 4710. The van der Waals surface area contributed by atoms with Crippen LogP contribution in [0, 0.1) is 23.7 Å². The van der Waals surface area contributed by atoms with Crippen molar-refractivity contribution in [1.82, 2.24) is 74.9 Å². The number of fused-ring (bicyclic) bond motifs is 4. The second-order valence-corrected chi connectivity index (χ2v) is 37.3. The quantitative estimate of drug-likeness (QED) is 0.0245. The minimum Gasteiger partial charge on any atom is -0.420 e. The average Bonchev–Trinajstić information content (AvgIpc) is 1.83. The van der Waals surface area contributed by atoms with Gasteiger partial charge in [-0.05, 0) is 205 Å². The number of hydrogen-bond donors (Lipinski definition) is 5. The lowest BCUT2D eigenvalue weighted by molar-refractivity contribution is 0.0923. The number of piperazine rings is 4. The minimum atomic E-state index is 0.0484. The molecule has 12 aromatic rings. The van der Waals surface area contributed by atoms with Crippen LogP contribution in [0.25, 0.3) is 43.6 Å². The van der Waals surface area contributed by atoms with Gasteiger partial charge in [0.2, 0.25) is 11.1 Å². The molecule has 12 atom stereocenters. The molecule has 664 valence electrons. The van der Waals surface area contributed by atoms with Gasteiger partial charge in [-0.1, -0.05) is 138 Å². The van der Waals surface area contributed by atoms with E-state index in [1.54, 1.807) is 12.4 Å². The summed E-state index contributed by atoms with van der Waals surface area (Å²) in [6.07, 6.45) is 25.4. The summed E-state index contributed by atoms with van der Waals surface area (Å²) in [6, 6.07) is 38.0. The third-order valence-corrected chi connectivity index (χ3v) is 27.9. The largest absolute Gasteiger partial charge is 0.420 e. The predicted molar refractivity (Wildman–Crippen MR) is 502 cm³/mol. The molecule has 4 saturated heterocycles. The highest BCUT2D eigenvalue weighted by atomic mass is 32.1. The number of nitrogens with one attached hydrogen (secondary N) is 5. The highest BCUT2D eigenvalue weighted by Crippen LogP contribution is 2.35. The number of para-hydroxylation sites is 4.